The Morgan fingerprint density at radius 1 is 1.33 bits per heavy atom. The predicted octanol–water partition coefficient (Wildman–Crippen LogP) is 1.59. The van der Waals surface area contributed by atoms with Gasteiger partial charge in [0, 0.05) is 18.7 Å². The molecule has 21 heavy (non-hydrogen) atoms. The molecule has 1 heterocycles. The van der Waals surface area contributed by atoms with Crippen molar-refractivity contribution in [3.05, 3.63) is 17.0 Å². The summed E-state index contributed by atoms with van der Waals surface area (Å²) in [6, 6.07) is -0.300. The molecule has 116 valence electrons. The lowest BCUT2D eigenvalue weighted by atomic mass is 9.96. The van der Waals surface area contributed by atoms with E-state index in [1.54, 1.807) is 6.92 Å². The molecule has 7 heteroatoms. The molecule has 2 amide bonds. The third-order valence-electron chi connectivity index (χ3n) is 4.11. The van der Waals surface area contributed by atoms with Gasteiger partial charge in [-0.1, -0.05) is 11.6 Å². The lowest BCUT2D eigenvalue weighted by Gasteiger charge is -2.16. The van der Waals surface area contributed by atoms with E-state index in [0.29, 0.717) is 25.3 Å². The van der Waals surface area contributed by atoms with E-state index in [4.69, 9.17) is 9.63 Å². The molecule has 1 aromatic heterocycles. The van der Waals surface area contributed by atoms with Crippen molar-refractivity contribution in [3.8, 4) is 0 Å². The minimum absolute atomic E-state index is 0.0207. The fraction of sp³-hybridized carbons (Fsp3) is 0.643. The number of carbonyl (C=O) groups excluding carboxylic acids is 1. The van der Waals surface area contributed by atoms with Crippen LogP contribution in [0.1, 0.15) is 36.3 Å². The van der Waals surface area contributed by atoms with Gasteiger partial charge in [-0.3, -0.25) is 4.79 Å². The molecule has 1 fully saturated rings. The highest BCUT2D eigenvalue weighted by Gasteiger charge is 2.32. The molecule has 1 aliphatic rings. The van der Waals surface area contributed by atoms with Crippen LogP contribution in [0.15, 0.2) is 4.52 Å². The lowest BCUT2D eigenvalue weighted by Crippen LogP contribution is -2.39. The molecule has 2 rings (SSSR count). The largest absolute Gasteiger partial charge is 0.481 e. The van der Waals surface area contributed by atoms with Gasteiger partial charge in [-0.25, -0.2) is 4.79 Å². The first-order valence-electron chi connectivity index (χ1n) is 7.15. The van der Waals surface area contributed by atoms with E-state index in [1.807, 2.05) is 6.92 Å². The van der Waals surface area contributed by atoms with E-state index >= 15 is 0 Å². The van der Waals surface area contributed by atoms with Crippen molar-refractivity contribution in [2.75, 3.05) is 6.54 Å². The molecule has 3 N–H and O–H groups in total. The van der Waals surface area contributed by atoms with Crippen molar-refractivity contribution < 1.29 is 19.2 Å². The molecule has 1 saturated carbocycles. The van der Waals surface area contributed by atoms with Crippen LogP contribution in [0.2, 0.25) is 0 Å². The number of hydrogen-bond donors (Lipinski definition) is 3. The number of carbonyl (C=O) groups is 2. The first-order valence-corrected chi connectivity index (χ1v) is 7.15. The van der Waals surface area contributed by atoms with Gasteiger partial charge in [0.05, 0.1) is 11.6 Å². The normalized spacial score (nSPS) is 21.2. The average molecular weight is 295 g/mol. The van der Waals surface area contributed by atoms with Gasteiger partial charge in [0.2, 0.25) is 0 Å². The van der Waals surface area contributed by atoms with Crippen LogP contribution in [0, 0.1) is 25.7 Å². The summed E-state index contributed by atoms with van der Waals surface area (Å²) >= 11 is 0. The Labute approximate surface area is 123 Å². The van der Waals surface area contributed by atoms with Crippen LogP contribution in [-0.2, 0) is 11.3 Å². The molecular formula is C14H21N3O4. The molecule has 1 aromatic rings. The standard InChI is InChI=1S/C14H21N3O4/c1-8-12(9(2)21-17-8)7-16-14(20)15-6-10-4-3-5-11(10)13(18)19/h10-11H,3-7H2,1-2H3,(H,18,19)(H2,15,16,20). The van der Waals surface area contributed by atoms with Crippen LogP contribution in [-0.4, -0.2) is 28.8 Å². The molecular weight excluding hydrogens is 274 g/mol. The second-order valence-electron chi connectivity index (χ2n) is 5.50. The molecule has 0 aromatic carbocycles. The second-order valence-corrected chi connectivity index (χ2v) is 5.50. The van der Waals surface area contributed by atoms with Gasteiger partial charge in [-0.15, -0.1) is 0 Å². The highest BCUT2D eigenvalue weighted by Crippen LogP contribution is 2.31. The van der Waals surface area contributed by atoms with Gasteiger partial charge in [0.1, 0.15) is 5.76 Å². The third kappa shape index (κ3) is 3.74. The van der Waals surface area contributed by atoms with E-state index in [9.17, 15) is 9.59 Å². The summed E-state index contributed by atoms with van der Waals surface area (Å²) in [7, 11) is 0. The Kier molecular flexibility index (Phi) is 4.82. The molecule has 0 bridgehead atoms. The Bertz CT molecular complexity index is 507. The molecule has 0 radical (unpaired) electrons. The lowest BCUT2D eigenvalue weighted by molar-refractivity contribution is -0.142. The van der Waals surface area contributed by atoms with Gasteiger partial charge in [0.25, 0.3) is 0 Å². The fourth-order valence-corrected chi connectivity index (χ4v) is 2.82. The number of aliphatic carboxylic acids is 1. The zero-order chi connectivity index (χ0) is 15.4. The van der Waals surface area contributed by atoms with Crippen LogP contribution >= 0.6 is 0 Å². The Hall–Kier alpha value is -2.05. The number of rotatable bonds is 5. The van der Waals surface area contributed by atoms with Crippen LogP contribution in [0.25, 0.3) is 0 Å². The van der Waals surface area contributed by atoms with Crippen molar-refractivity contribution in [3.63, 3.8) is 0 Å². The maximum absolute atomic E-state index is 11.8. The average Bonchev–Trinajstić information content (AvgIpc) is 3.02. The maximum atomic E-state index is 11.8. The topological polar surface area (TPSA) is 104 Å². The number of aryl methyl sites for hydroxylation is 2. The summed E-state index contributed by atoms with van der Waals surface area (Å²) < 4.78 is 5.02. The van der Waals surface area contributed by atoms with Crippen molar-refractivity contribution in [1.82, 2.24) is 15.8 Å². The quantitative estimate of drug-likeness (QED) is 0.765. The zero-order valence-corrected chi connectivity index (χ0v) is 12.3. The molecule has 0 spiro atoms. The minimum Gasteiger partial charge on any atom is -0.481 e. The maximum Gasteiger partial charge on any atom is 0.315 e. The molecule has 0 aliphatic heterocycles. The molecule has 0 saturated heterocycles. The smallest absolute Gasteiger partial charge is 0.315 e. The van der Waals surface area contributed by atoms with Crippen LogP contribution in [0.5, 0.6) is 0 Å². The third-order valence-corrected chi connectivity index (χ3v) is 4.11. The van der Waals surface area contributed by atoms with Crippen molar-refractivity contribution in [2.24, 2.45) is 11.8 Å². The Morgan fingerprint density at radius 2 is 2.10 bits per heavy atom. The van der Waals surface area contributed by atoms with Gasteiger partial charge < -0.3 is 20.3 Å². The van der Waals surface area contributed by atoms with Gasteiger partial charge in [-0.2, -0.15) is 0 Å². The minimum atomic E-state index is -0.768. The summed E-state index contributed by atoms with van der Waals surface area (Å²) in [6.45, 7) is 4.36. The SMILES string of the molecule is Cc1noc(C)c1CNC(=O)NCC1CCCC1C(=O)O. The number of aromatic nitrogens is 1. The summed E-state index contributed by atoms with van der Waals surface area (Å²) in [5, 5.41) is 18.4. The summed E-state index contributed by atoms with van der Waals surface area (Å²) in [5.41, 5.74) is 1.63. The number of carboxylic acids is 1. The highest BCUT2D eigenvalue weighted by atomic mass is 16.5. The first-order chi connectivity index (χ1) is 9.99. The summed E-state index contributed by atoms with van der Waals surface area (Å²) in [4.78, 5) is 22.8. The van der Waals surface area contributed by atoms with Gasteiger partial charge in [0.15, 0.2) is 0 Å². The monoisotopic (exact) mass is 295 g/mol. The molecule has 2 unspecified atom stereocenters. The van der Waals surface area contributed by atoms with E-state index in [-0.39, 0.29) is 17.9 Å². The van der Waals surface area contributed by atoms with Crippen molar-refractivity contribution in [1.29, 1.82) is 0 Å². The number of nitrogens with one attached hydrogen (secondary N) is 2. The molecule has 7 nitrogen and oxygen atoms in total. The Morgan fingerprint density at radius 3 is 2.71 bits per heavy atom. The molecule has 2 atom stereocenters. The zero-order valence-electron chi connectivity index (χ0n) is 12.3. The number of urea groups is 1. The van der Waals surface area contributed by atoms with Crippen LogP contribution in [0.3, 0.4) is 0 Å². The number of hydrogen-bond acceptors (Lipinski definition) is 4. The second kappa shape index (κ2) is 6.60. The molecule has 1 aliphatic carbocycles. The van der Waals surface area contributed by atoms with E-state index in [0.717, 1.165) is 24.1 Å². The van der Waals surface area contributed by atoms with Crippen molar-refractivity contribution in [2.45, 2.75) is 39.7 Å². The predicted molar refractivity (Wildman–Crippen MR) is 74.7 cm³/mol. The summed E-state index contributed by atoms with van der Waals surface area (Å²) in [6.07, 6.45) is 2.45. The highest BCUT2D eigenvalue weighted by molar-refractivity contribution is 5.74. The first kappa shape index (κ1) is 15.3. The van der Waals surface area contributed by atoms with E-state index in [2.05, 4.69) is 15.8 Å². The van der Waals surface area contributed by atoms with Gasteiger partial charge in [-0.05, 0) is 32.6 Å². The van der Waals surface area contributed by atoms with Crippen LogP contribution in [0.4, 0.5) is 4.79 Å². The summed E-state index contributed by atoms with van der Waals surface area (Å²) in [5.74, 6) is -0.398. The van der Waals surface area contributed by atoms with Crippen molar-refractivity contribution >= 4 is 12.0 Å². The number of carboxylic acid groups (broad SMARTS) is 1. The van der Waals surface area contributed by atoms with E-state index in [1.165, 1.54) is 0 Å². The van der Waals surface area contributed by atoms with E-state index < -0.39 is 5.97 Å². The Balaban J connectivity index is 1.76. The number of amides is 2. The van der Waals surface area contributed by atoms with Gasteiger partial charge >= 0.3 is 12.0 Å². The fourth-order valence-electron chi connectivity index (χ4n) is 2.82. The number of nitrogens with zero attached hydrogens (tertiary/aromatic N) is 1. The van der Waals surface area contributed by atoms with Crippen LogP contribution < -0.4 is 10.6 Å².